The Labute approximate surface area is 102 Å². The predicted octanol–water partition coefficient (Wildman–Crippen LogP) is 0.672. The first-order chi connectivity index (χ1) is 8.08. The topological polar surface area (TPSA) is 80.9 Å². The summed E-state index contributed by atoms with van der Waals surface area (Å²) < 4.78 is 0. The Morgan fingerprint density at radius 3 is 2.82 bits per heavy atom. The van der Waals surface area contributed by atoms with Crippen molar-refractivity contribution in [2.75, 3.05) is 13.1 Å². The number of nitrogens with zero attached hydrogens (tertiary/aromatic N) is 2. The van der Waals surface area contributed by atoms with Gasteiger partial charge in [-0.05, 0) is 31.9 Å². The van der Waals surface area contributed by atoms with Gasteiger partial charge in [0, 0.05) is 6.54 Å². The molecule has 5 heteroatoms. The molecule has 0 aromatic carbocycles. The van der Waals surface area contributed by atoms with Gasteiger partial charge in [-0.3, -0.25) is 4.79 Å². The van der Waals surface area contributed by atoms with Gasteiger partial charge in [-0.2, -0.15) is 10.2 Å². The van der Waals surface area contributed by atoms with E-state index in [4.69, 9.17) is 5.73 Å². The number of aromatic nitrogens is 2. The summed E-state index contributed by atoms with van der Waals surface area (Å²) in [5.41, 5.74) is 7.60. The number of carbonyl (C=O) groups excluding carboxylic acids is 1. The summed E-state index contributed by atoms with van der Waals surface area (Å²) in [7, 11) is 0. The number of carbonyl (C=O) groups is 1. The Morgan fingerprint density at radius 1 is 1.53 bits per heavy atom. The molecular formula is C12H20N4O. The molecule has 3 N–H and O–H groups in total. The molecule has 17 heavy (non-hydrogen) atoms. The Balaban J connectivity index is 2.77. The van der Waals surface area contributed by atoms with Crippen LogP contribution in [0.5, 0.6) is 0 Å². The number of nitrogens with two attached hydrogens (primary N) is 1. The Kier molecular flexibility index (Phi) is 5.03. The van der Waals surface area contributed by atoms with Crippen molar-refractivity contribution in [1.29, 1.82) is 0 Å². The van der Waals surface area contributed by atoms with Gasteiger partial charge in [0.1, 0.15) is 0 Å². The summed E-state index contributed by atoms with van der Waals surface area (Å²) >= 11 is 0. The first kappa shape index (κ1) is 13.6. The van der Waals surface area contributed by atoms with Gasteiger partial charge in [-0.1, -0.05) is 13.8 Å². The SMILES string of the molecule is CCc1nnc(C)cc1C(=O)NCC(C)CN. The zero-order valence-electron chi connectivity index (χ0n) is 10.7. The molecule has 94 valence electrons. The molecular weight excluding hydrogens is 216 g/mol. The molecule has 5 nitrogen and oxygen atoms in total. The summed E-state index contributed by atoms with van der Waals surface area (Å²) in [5, 5.41) is 10.8. The third-order valence-electron chi connectivity index (χ3n) is 2.59. The Hall–Kier alpha value is -1.49. The summed E-state index contributed by atoms with van der Waals surface area (Å²) in [5.74, 6) is 0.181. The standard InChI is InChI=1S/C12H20N4O/c1-4-11-10(5-9(3)15-16-11)12(17)14-7-8(2)6-13/h5,8H,4,6-7,13H2,1-3H3,(H,14,17). The second kappa shape index (κ2) is 6.30. The van der Waals surface area contributed by atoms with Gasteiger partial charge in [0.15, 0.2) is 0 Å². The fourth-order valence-electron chi connectivity index (χ4n) is 1.42. The van der Waals surface area contributed by atoms with Crippen LogP contribution in [0.1, 0.15) is 35.6 Å². The molecule has 0 aliphatic heterocycles. The lowest BCUT2D eigenvalue weighted by Crippen LogP contribution is -2.32. The molecule has 1 atom stereocenters. The molecule has 1 aromatic heterocycles. The number of hydrogen-bond donors (Lipinski definition) is 2. The third-order valence-corrected chi connectivity index (χ3v) is 2.59. The van der Waals surface area contributed by atoms with E-state index in [0.717, 1.165) is 11.4 Å². The van der Waals surface area contributed by atoms with Gasteiger partial charge < -0.3 is 11.1 Å². The molecule has 1 heterocycles. The highest BCUT2D eigenvalue weighted by Crippen LogP contribution is 2.07. The van der Waals surface area contributed by atoms with Crippen LogP contribution in [0.4, 0.5) is 0 Å². The van der Waals surface area contributed by atoms with Gasteiger partial charge in [-0.25, -0.2) is 0 Å². The van der Waals surface area contributed by atoms with E-state index in [1.165, 1.54) is 0 Å². The van der Waals surface area contributed by atoms with Crippen molar-refractivity contribution in [1.82, 2.24) is 15.5 Å². The van der Waals surface area contributed by atoms with Gasteiger partial charge in [0.2, 0.25) is 0 Å². The maximum atomic E-state index is 12.0. The van der Waals surface area contributed by atoms with Crippen LogP contribution in [-0.2, 0) is 6.42 Å². The highest BCUT2D eigenvalue weighted by Gasteiger charge is 2.13. The van der Waals surface area contributed by atoms with Crippen molar-refractivity contribution in [3.05, 3.63) is 23.0 Å². The molecule has 0 fully saturated rings. The predicted molar refractivity (Wildman–Crippen MR) is 66.7 cm³/mol. The monoisotopic (exact) mass is 236 g/mol. The van der Waals surface area contributed by atoms with Gasteiger partial charge in [0.25, 0.3) is 5.91 Å². The van der Waals surface area contributed by atoms with Crippen LogP contribution in [0.25, 0.3) is 0 Å². The molecule has 0 spiro atoms. The minimum absolute atomic E-state index is 0.0971. The zero-order valence-corrected chi connectivity index (χ0v) is 10.7. The highest BCUT2D eigenvalue weighted by molar-refractivity contribution is 5.95. The maximum Gasteiger partial charge on any atom is 0.253 e. The summed E-state index contributed by atoms with van der Waals surface area (Å²) in [6, 6.07) is 1.77. The van der Waals surface area contributed by atoms with E-state index in [1.807, 2.05) is 20.8 Å². The summed E-state index contributed by atoms with van der Waals surface area (Å²) in [6.45, 7) is 6.93. The van der Waals surface area contributed by atoms with E-state index in [2.05, 4.69) is 15.5 Å². The highest BCUT2D eigenvalue weighted by atomic mass is 16.1. The fourth-order valence-corrected chi connectivity index (χ4v) is 1.42. The number of hydrogen-bond acceptors (Lipinski definition) is 4. The number of amides is 1. The van der Waals surface area contributed by atoms with Crippen molar-refractivity contribution in [2.24, 2.45) is 11.7 Å². The first-order valence-corrected chi connectivity index (χ1v) is 5.89. The van der Waals surface area contributed by atoms with Crippen LogP contribution >= 0.6 is 0 Å². The van der Waals surface area contributed by atoms with Crippen LogP contribution in [0.15, 0.2) is 6.07 Å². The van der Waals surface area contributed by atoms with Crippen molar-refractivity contribution < 1.29 is 4.79 Å². The Bertz CT molecular complexity index is 392. The first-order valence-electron chi connectivity index (χ1n) is 5.89. The normalized spacial score (nSPS) is 12.2. The van der Waals surface area contributed by atoms with Crippen molar-refractivity contribution in [3.8, 4) is 0 Å². The summed E-state index contributed by atoms with van der Waals surface area (Å²) in [6.07, 6.45) is 0.697. The number of rotatable bonds is 5. The van der Waals surface area contributed by atoms with Gasteiger partial charge in [0.05, 0.1) is 17.0 Å². The fraction of sp³-hybridized carbons (Fsp3) is 0.583. The third kappa shape index (κ3) is 3.78. The van der Waals surface area contributed by atoms with Crippen LogP contribution in [0.3, 0.4) is 0 Å². The van der Waals surface area contributed by atoms with Gasteiger partial charge >= 0.3 is 0 Å². The maximum absolute atomic E-state index is 12.0. The van der Waals surface area contributed by atoms with E-state index in [0.29, 0.717) is 25.1 Å². The lowest BCUT2D eigenvalue weighted by Gasteiger charge is -2.11. The molecule has 1 rings (SSSR count). The average Bonchev–Trinajstić information content (AvgIpc) is 2.35. The molecule has 1 unspecified atom stereocenters. The van der Waals surface area contributed by atoms with E-state index < -0.39 is 0 Å². The molecule has 1 aromatic rings. The van der Waals surface area contributed by atoms with E-state index >= 15 is 0 Å². The van der Waals surface area contributed by atoms with Crippen molar-refractivity contribution >= 4 is 5.91 Å². The minimum Gasteiger partial charge on any atom is -0.352 e. The van der Waals surface area contributed by atoms with E-state index in [-0.39, 0.29) is 11.8 Å². The number of aryl methyl sites for hydroxylation is 2. The second-order valence-corrected chi connectivity index (χ2v) is 4.25. The molecule has 0 bridgehead atoms. The lowest BCUT2D eigenvalue weighted by molar-refractivity contribution is 0.0947. The van der Waals surface area contributed by atoms with Crippen LogP contribution in [0, 0.1) is 12.8 Å². The molecule has 0 aliphatic rings. The molecule has 0 aliphatic carbocycles. The number of nitrogens with one attached hydrogen (secondary N) is 1. The van der Waals surface area contributed by atoms with E-state index in [1.54, 1.807) is 6.07 Å². The van der Waals surface area contributed by atoms with Crippen LogP contribution in [0.2, 0.25) is 0 Å². The minimum atomic E-state index is -0.0971. The quantitative estimate of drug-likeness (QED) is 0.787. The van der Waals surface area contributed by atoms with Crippen LogP contribution in [-0.4, -0.2) is 29.2 Å². The van der Waals surface area contributed by atoms with Crippen LogP contribution < -0.4 is 11.1 Å². The molecule has 0 saturated heterocycles. The van der Waals surface area contributed by atoms with E-state index in [9.17, 15) is 4.79 Å². The van der Waals surface area contributed by atoms with Gasteiger partial charge in [-0.15, -0.1) is 0 Å². The zero-order chi connectivity index (χ0) is 12.8. The Morgan fingerprint density at radius 2 is 2.24 bits per heavy atom. The average molecular weight is 236 g/mol. The lowest BCUT2D eigenvalue weighted by atomic mass is 10.1. The smallest absolute Gasteiger partial charge is 0.253 e. The van der Waals surface area contributed by atoms with Crippen molar-refractivity contribution in [3.63, 3.8) is 0 Å². The largest absolute Gasteiger partial charge is 0.352 e. The second-order valence-electron chi connectivity index (χ2n) is 4.25. The molecule has 0 saturated carbocycles. The van der Waals surface area contributed by atoms with Crippen molar-refractivity contribution in [2.45, 2.75) is 27.2 Å². The summed E-state index contributed by atoms with van der Waals surface area (Å²) in [4.78, 5) is 12.0. The molecule has 0 radical (unpaired) electrons. The molecule has 1 amide bonds.